The maximum atomic E-state index is 12.3. The lowest BCUT2D eigenvalue weighted by atomic mass is 9.86. The monoisotopic (exact) mass is 409 g/mol. The van der Waals surface area contributed by atoms with Crippen LogP contribution in [0.2, 0.25) is 0 Å². The summed E-state index contributed by atoms with van der Waals surface area (Å²) in [5.74, 6) is -0.113. The van der Waals surface area contributed by atoms with E-state index >= 15 is 0 Å². The third-order valence-electron chi connectivity index (χ3n) is 3.14. The number of hydrogen-bond acceptors (Lipinski definition) is 1. The van der Waals surface area contributed by atoms with Gasteiger partial charge >= 0.3 is 0 Å². The molecule has 0 aliphatic carbocycles. The molecule has 4 heteroatoms. The van der Waals surface area contributed by atoms with E-state index in [4.69, 9.17) is 0 Å². The lowest BCUT2D eigenvalue weighted by molar-refractivity contribution is 0.102. The van der Waals surface area contributed by atoms with Gasteiger partial charge in [-0.15, -0.1) is 0 Å². The van der Waals surface area contributed by atoms with Crippen molar-refractivity contribution in [3.8, 4) is 0 Å². The van der Waals surface area contributed by atoms with Gasteiger partial charge in [0.25, 0.3) is 5.91 Å². The lowest BCUT2D eigenvalue weighted by Crippen LogP contribution is -2.15. The number of amides is 1. The summed E-state index contributed by atoms with van der Waals surface area (Å²) >= 11 is 6.93. The van der Waals surface area contributed by atoms with E-state index in [1.165, 1.54) is 5.56 Å². The molecule has 0 radical (unpaired) electrons. The number of hydrogen-bond donors (Lipinski definition) is 1. The highest BCUT2D eigenvalue weighted by molar-refractivity contribution is 9.10. The Bertz CT molecular complexity index is 657. The van der Waals surface area contributed by atoms with Crippen LogP contribution in [-0.2, 0) is 5.41 Å². The fraction of sp³-hybridized carbons (Fsp3) is 0.235. The lowest BCUT2D eigenvalue weighted by Gasteiger charge is -2.21. The molecule has 0 saturated carbocycles. The molecule has 2 aromatic rings. The molecule has 2 aromatic carbocycles. The molecule has 0 aliphatic heterocycles. The number of carbonyl (C=O) groups is 1. The van der Waals surface area contributed by atoms with Crippen LogP contribution >= 0.6 is 31.9 Å². The van der Waals surface area contributed by atoms with Gasteiger partial charge in [0.1, 0.15) is 0 Å². The molecule has 0 atom stereocenters. The van der Waals surface area contributed by atoms with Crippen LogP contribution in [0.4, 0.5) is 5.69 Å². The van der Waals surface area contributed by atoms with Gasteiger partial charge in [0.05, 0.1) is 0 Å². The van der Waals surface area contributed by atoms with Crippen LogP contribution in [0.5, 0.6) is 0 Å². The van der Waals surface area contributed by atoms with E-state index in [9.17, 15) is 4.79 Å². The van der Waals surface area contributed by atoms with Gasteiger partial charge in [-0.1, -0.05) is 58.7 Å². The Morgan fingerprint density at radius 3 is 2.14 bits per heavy atom. The SMILES string of the molecule is CC(C)(C)c1ccc(C(=O)Nc2ccc(Br)cc2)cc1Br. The first-order chi connectivity index (χ1) is 9.77. The van der Waals surface area contributed by atoms with Gasteiger partial charge in [-0.05, 0) is 47.4 Å². The first kappa shape index (κ1) is 16.2. The van der Waals surface area contributed by atoms with Gasteiger partial charge in [0, 0.05) is 20.2 Å². The highest BCUT2D eigenvalue weighted by Crippen LogP contribution is 2.30. The molecule has 0 fully saturated rings. The molecule has 0 saturated heterocycles. The Morgan fingerprint density at radius 2 is 1.62 bits per heavy atom. The molecule has 0 heterocycles. The molecule has 1 amide bonds. The average Bonchev–Trinajstić information content (AvgIpc) is 2.39. The fourth-order valence-electron chi connectivity index (χ4n) is 2.00. The number of rotatable bonds is 2. The summed E-state index contributed by atoms with van der Waals surface area (Å²) in [5, 5.41) is 2.89. The minimum Gasteiger partial charge on any atom is -0.322 e. The standard InChI is InChI=1S/C17H17Br2NO/c1-17(2,3)14-9-4-11(10-15(14)19)16(21)20-13-7-5-12(18)6-8-13/h4-10H,1-3H3,(H,20,21). The van der Waals surface area contributed by atoms with Crippen LogP contribution < -0.4 is 5.32 Å². The number of anilines is 1. The second-order valence-electron chi connectivity index (χ2n) is 5.91. The molecule has 0 aromatic heterocycles. The number of halogens is 2. The van der Waals surface area contributed by atoms with Gasteiger partial charge in [-0.2, -0.15) is 0 Å². The number of carbonyl (C=O) groups excluding carboxylic acids is 1. The zero-order valence-corrected chi connectivity index (χ0v) is 15.4. The minimum absolute atomic E-state index is 0.0412. The molecule has 2 rings (SSSR count). The van der Waals surface area contributed by atoms with E-state index in [2.05, 4.69) is 57.9 Å². The quantitative estimate of drug-likeness (QED) is 0.669. The first-order valence-corrected chi connectivity index (χ1v) is 8.23. The highest BCUT2D eigenvalue weighted by Gasteiger charge is 2.18. The summed E-state index contributed by atoms with van der Waals surface area (Å²) in [6.07, 6.45) is 0. The smallest absolute Gasteiger partial charge is 0.255 e. The second kappa shape index (κ2) is 6.32. The average molecular weight is 411 g/mol. The fourth-order valence-corrected chi connectivity index (χ4v) is 3.24. The van der Waals surface area contributed by atoms with Crippen LogP contribution in [0.3, 0.4) is 0 Å². The molecule has 21 heavy (non-hydrogen) atoms. The zero-order chi connectivity index (χ0) is 15.6. The molecular weight excluding hydrogens is 394 g/mol. The molecule has 1 N–H and O–H groups in total. The van der Waals surface area contributed by atoms with E-state index in [-0.39, 0.29) is 11.3 Å². The van der Waals surface area contributed by atoms with Gasteiger partial charge in [0.15, 0.2) is 0 Å². The predicted octanol–water partition coefficient (Wildman–Crippen LogP) is 5.76. The highest BCUT2D eigenvalue weighted by atomic mass is 79.9. The van der Waals surface area contributed by atoms with Crippen LogP contribution in [-0.4, -0.2) is 5.91 Å². The van der Waals surface area contributed by atoms with E-state index < -0.39 is 0 Å². The van der Waals surface area contributed by atoms with Crippen molar-refractivity contribution in [2.75, 3.05) is 5.32 Å². The van der Waals surface area contributed by atoms with Gasteiger partial charge in [0.2, 0.25) is 0 Å². The van der Waals surface area contributed by atoms with E-state index in [0.29, 0.717) is 5.56 Å². The number of benzene rings is 2. The van der Waals surface area contributed by atoms with Crippen molar-refractivity contribution in [2.24, 2.45) is 0 Å². The topological polar surface area (TPSA) is 29.1 Å². The second-order valence-corrected chi connectivity index (χ2v) is 7.68. The summed E-state index contributed by atoms with van der Waals surface area (Å²) in [6.45, 7) is 6.44. The molecule has 110 valence electrons. The van der Waals surface area contributed by atoms with Crippen molar-refractivity contribution < 1.29 is 4.79 Å². The summed E-state index contributed by atoms with van der Waals surface area (Å²) in [7, 11) is 0. The van der Waals surface area contributed by atoms with Crippen molar-refractivity contribution in [3.05, 3.63) is 62.5 Å². The third kappa shape index (κ3) is 4.17. The summed E-state index contributed by atoms with van der Waals surface area (Å²) < 4.78 is 1.94. The van der Waals surface area contributed by atoms with Crippen LogP contribution in [0.25, 0.3) is 0 Å². The molecule has 0 aliphatic rings. The first-order valence-electron chi connectivity index (χ1n) is 6.64. The van der Waals surface area contributed by atoms with Crippen LogP contribution in [0.1, 0.15) is 36.7 Å². The summed E-state index contributed by atoms with van der Waals surface area (Å²) in [5.41, 5.74) is 2.64. The van der Waals surface area contributed by atoms with Crippen molar-refractivity contribution in [1.29, 1.82) is 0 Å². The maximum absolute atomic E-state index is 12.3. The Kier molecular flexibility index (Phi) is 4.89. The Morgan fingerprint density at radius 1 is 1.00 bits per heavy atom. The molecule has 0 bridgehead atoms. The van der Waals surface area contributed by atoms with Crippen LogP contribution in [0, 0.1) is 0 Å². The molecule has 0 spiro atoms. The number of nitrogens with one attached hydrogen (secondary N) is 1. The summed E-state index contributed by atoms with van der Waals surface area (Å²) in [4.78, 5) is 12.3. The normalized spacial score (nSPS) is 11.3. The van der Waals surface area contributed by atoms with E-state index in [1.807, 2.05) is 42.5 Å². The van der Waals surface area contributed by atoms with Gasteiger partial charge < -0.3 is 5.32 Å². The van der Waals surface area contributed by atoms with Crippen molar-refractivity contribution in [1.82, 2.24) is 0 Å². The molecular formula is C17H17Br2NO. The van der Waals surface area contributed by atoms with Crippen LogP contribution in [0.15, 0.2) is 51.4 Å². The Labute approximate surface area is 142 Å². The third-order valence-corrected chi connectivity index (χ3v) is 4.33. The summed E-state index contributed by atoms with van der Waals surface area (Å²) in [6, 6.07) is 13.2. The zero-order valence-electron chi connectivity index (χ0n) is 12.2. The Balaban J connectivity index is 2.20. The molecule has 0 unspecified atom stereocenters. The minimum atomic E-state index is -0.113. The van der Waals surface area contributed by atoms with Gasteiger partial charge in [-0.3, -0.25) is 4.79 Å². The predicted molar refractivity (Wildman–Crippen MR) is 94.9 cm³/mol. The maximum Gasteiger partial charge on any atom is 0.255 e. The van der Waals surface area contributed by atoms with E-state index in [0.717, 1.165) is 14.6 Å². The Hall–Kier alpha value is -1.13. The largest absolute Gasteiger partial charge is 0.322 e. The van der Waals surface area contributed by atoms with Gasteiger partial charge in [-0.25, -0.2) is 0 Å². The van der Waals surface area contributed by atoms with Crippen molar-refractivity contribution in [3.63, 3.8) is 0 Å². The van der Waals surface area contributed by atoms with Crippen molar-refractivity contribution >= 4 is 43.5 Å². The van der Waals surface area contributed by atoms with E-state index in [1.54, 1.807) is 0 Å². The molecule has 2 nitrogen and oxygen atoms in total. The van der Waals surface area contributed by atoms with Crippen molar-refractivity contribution in [2.45, 2.75) is 26.2 Å².